The summed E-state index contributed by atoms with van der Waals surface area (Å²) in [5.74, 6) is -0.464. The Bertz CT molecular complexity index is 522. The van der Waals surface area contributed by atoms with E-state index in [9.17, 15) is 4.79 Å². The summed E-state index contributed by atoms with van der Waals surface area (Å²) < 4.78 is 5.37. The van der Waals surface area contributed by atoms with E-state index in [-0.39, 0.29) is 15.6 Å². The number of esters is 1. The Morgan fingerprint density at radius 3 is 2.52 bits per heavy atom. The van der Waals surface area contributed by atoms with Crippen LogP contribution in [0.15, 0.2) is 12.1 Å². The van der Waals surface area contributed by atoms with Gasteiger partial charge in [0.2, 0.25) is 0 Å². The molecule has 0 radical (unpaired) electrons. The van der Waals surface area contributed by atoms with Crippen LogP contribution in [0.5, 0.6) is 0 Å². The van der Waals surface area contributed by atoms with Crippen molar-refractivity contribution in [2.24, 2.45) is 5.41 Å². The number of carbonyl (C=O) groups excluding carboxylic acids is 1. The van der Waals surface area contributed by atoms with Crippen LogP contribution in [0.4, 0.5) is 0 Å². The predicted octanol–water partition coefficient (Wildman–Crippen LogP) is 6.16. The molecule has 0 saturated heterocycles. The first-order valence-corrected chi connectivity index (χ1v) is 8.42. The van der Waals surface area contributed by atoms with E-state index in [2.05, 4.69) is 6.92 Å². The molecule has 1 aliphatic rings. The van der Waals surface area contributed by atoms with Crippen LogP contribution in [-0.4, -0.2) is 12.6 Å². The van der Waals surface area contributed by atoms with Gasteiger partial charge < -0.3 is 4.74 Å². The van der Waals surface area contributed by atoms with Crippen LogP contribution in [0, 0.1) is 5.41 Å². The third-order valence-corrected chi connectivity index (χ3v) is 5.51. The molecule has 116 valence electrons. The summed E-state index contributed by atoms with van der Waals surface area (Å²) >= 11 is 17.8. The van der Waals surface area contributed by atoms with Gasteiger partial charge in [-0.05, 0) is 36.8 Å². The molecule has 0 N–H and O–H groups in total. The summed E-state index contributed by atoms with van der Waals surface area (Å²) in [7, 11) is 0. The standard InChI is InChI=1S/C16H19Cl3O2/c1-2-16(5-3-4-6-16)7-8-21-15(20)12-9-11(17)10-13(18)14(12)19/h9-10H,2-8H2,1H3. The normalized spacial score (nSPS) is 17.0. The van der Waals surface area contributed by atoms with Crippen LogP contribution >= 0.6 is 34.8 Å². The number of rotatable bonds is 5. The molecule has 2 nitrogen and oxygen atoms in total. The average molecular weight is 350 g/mol. The van der Waals surface area contributed by atoms with E-state index >= 15 is 0 Å². The number of benzene rings is 1. The quantitative estimate of drug-likeness (QED) is 0.469. The maximum atomic E-state index is 12.1. The molecule has 0 atom stereocenters. The largest absolute Gasteiger partial charge is 0.462 e. The van der Waals surface area contributed by atoms with E-state index in [1.807, 2.05) is 0 Å². The van der Waals surface area contributed by atoms with Crippen molar-refractivity contribution in [2.45, 2.75) is 45.4 Å². The Hall–Kier alpha value is -0.440. The van der Waals surface area contributed by atoms with Gasteiger partial charge in [0.05, 0.1) is 22.2 Å². The second kappa shape index (κ2) is 7.21. The van der Waals surface area contributed by atoms with Gasteiger partial charge in [-0.3, -0.25) is 0 Å². The fourth-order valence-corrected chi connectivity index (χ4v) is 3.73. The fourth-order valence-electron chi connectivity index (χ4n) is 3.05. The Morgan fingerprint density at radius 2 is 1.90 bits per heavy atom. The average Bonchev–Trinajstić information content (AvgIpc) is 2.92. The number of halogens is 3. The molecule has 1 aliphatic carbocycles. The van der Waals surface area contributed by atoms with Crippen molar-refractivity contribution in [2.75, 3.05) is 6.61 Å². The van der Waals surface area contributed by atoms with Gasteiger partial charge in [-0.1, -0.05) is 61.0 Å². The molecular weight excluding hydrogens is 331 g/mol. The highest BCUT2D eigenvalue weighted by Crippen LogP contribution is 2.43. The molecule has 0 amide bonds. The summed E-state index contributed by atoms with van der Waals surface area (Å²) in [5, 5.41) is 0.825. The topological polar surface area (TPSA) is 26.3 Å². The van der Waals surface area contributed by atoms with Crippen LogP contribution in [0.3, 0.4) is 0 Å². The fraction of sp³-hybridized carbons (Fsp3) is 0.562. The van der Waals surface area contributed by atoms with Crippen LogP contribution in [0.2, 0.25) is 15.1 Å². The van der Waals surface area contributed by atoms with Gasteiger partial charge in [0.15, 0.2) is 0 Å². The summed E-state index contributed by atoms with van der Waals surface area (Å²) in [6.45, 7) is 2.62. The van der Waals surface area contributed by atoms with E-state index in [1.165, 1.54) is 37.8 Å². The van der Waals surface area contributed by atoms with Crippen molar-refractivity contribution >= 4 is 40.8 Å². The number of hydrogen-bond acceptors (Lipinski definition) is 2. The van der Waals surface area contributed by atoms with Crippen molar-refractivity contribution in [1.82, 2.24) is 0 Å². The molecule has 0 aromatic heterocycles. The van der Waals surface area contributed by atoms with E-state index in [0.29, 0.717) is 17.0 Å². The van der Waals surface area contributed by atoms with Gasteiger partial charge in [-0.15, -0.1) is 0 Å². The summed E-state index contributed by atoms with van der Waals surface area (Å²) in [6.07, 6.45) is 7.04. The van der Waals surface area contributed by atoms with Crippen LogP contribution < -0.4 is 0 Å². The summed E-state index contributed by atoms with van der Waals surface area (Å²) in [4.78, 5) is 12.1. The van der Waals surface area contributed by atoms with Gasteiger partial charge >= 0.3 is 5.97 Å². The Kier molecular flexibility index (Phi) is 5.81. The number of ether oxygens (including phenoxy) is 1. The van der Waals surface area contributed by atoms with E-state index in [1.54, 1.807) is 0 Å². The lowest BCUT2D eigenvalue weighted by atomic mass is 9.80. The molecule has 1 fully saturated rings. The highest BCUT2D eigenvalue weighted by molar-refractivity contribution is 6.45. The molecule has 0 spiro atoms. The number of carbonyl (C=O) groups is 1. The summed E-state index contributed by atoms with van der Waals surface area (Å²) in [6, 6.07) is 3.00. The molecular formula is C16H19Cl3O2. The highest BCUT2D eigenvalue weighted by atomic mass is 35.5. The third-order valence-electron chi connectivity index (χ3n) is 4.49. The first kappa shape index (κ1) is 16.9. The van der Waals surface area contributed by atoms with Crippen molar-refractivity contribution in [1.29, 1.82) is 0 Å². The monoisotopic (exact) mass is 348 g/mol. The molecule has 0 unspecified atom stereocenters. The van der Waals surface area contributed by atoms with Crippen molar-refractivity contribution < 1.29 is 9.53 Å². The molecule has 0 aliphatic heterocycles. The van der Waals surface area contributed by atoms with Crippen LogP contribution in [0.25, 0.3) is 0 Å². The maximum Gasteiger partial charge on any atom is 0.339 e. The zero-order valence-corrected chi connectivity index (χ0v) is 14.3. The van der Waals surface area contributed by atoms with Crippen LogP contribution in [0.1, 0.15) is 55.8 Å². The lowest BCUT2D eigenvalue weighted by Gasteiger charge is -2.27. The second-order valence-corrected chi connectivity index (χ2v) is 6.92. The SMILES string of the molecule is CCC1(CCOC(=O)c2cc(Cl)cc(Cl)c2Cl)CCCC1. The minimum atomic E-state index is -0.464. The zero-order chi connectivity index (χ0) is 15.5. The van der Waals surface area contributed by atoms with Gasteiger partial charge in [0.25, 0.3) is 0 Å². The minimum absolute atomic E-state index is 0.192. The highest BCUT2D eigenvalue weighted by Gasteiger charge is 2.32. The molecule has 21 heavy (non-hydrogen) atoms. The molecule has 1 aromatic rings. The lowest BCUT2D eigenvalue weighted by Crippen LogP contribution is -2.19. The third kappa shape index (κ3) is 4.06. The minimum Gasteiger partial charge on any atom is -0.462 e. The van der Waals surface area contributed by atoms with Gasteiger partial charge in [-0.25, -0.2) is 4.79 Å². The van der Waals surface area contributed by atoms with E-state index in [4.69, 9.17) is 39.5 Å². The molecule has 1 aromatic carbocycles. The van der Waals surface area contributed by atoms with E-state index < -0.39 is 5.97 Å². The smallest absolute Gasteiger partial charge is 0.339 e. The first-order valence-electron chi connectivity index (χ1n) is 7.29. The van der Waals surface area contributed by atoms with Gasteiger partial charge in [-0.2, -0.15) is 0 Å². The van der Waals surface area contributed by atoms with Crippen molar-refractivity contribution in [3.63, 3.8) is 0 Å². The molecule has 1 saturated carbocycles. The second-order valence-electron chi connectivity index (χ2n) is 5.70. The Morgan fingerprint density at radius 1 is 1.24 bits per heavy atom. The Labute approximate surface area is 140 Å². The summed E-state index contributed by atoms with van der Waals surface area (Å²) in [5.41, 5.74) is 0.571. The van der Waals surface area contributed by atoms with Crippen LogP contribution in [-0.2, 0) is 4.74 Å². The molecule has 0 heterocycles. The molecule has 2 rings (SSSR count). The molecule has 0 bridgehead atoms. The van der Waals surface area contributed by atoms with Crippen molar-refractivity contribution in [3.8, 4) is 0 Å². The van der Waals surface area contributed by atoms with Gasteiger partial charge in [0.1, 0.15) is 0 Å². The molecule has 5 heteroatoms. The zero-order valence-electron chi connectivity index (χ0n) is 12.1. The van der Waals surface area contributed by atoms with E-state index in [0.717, 1.165) is 12.8 Å². The Balaban J connectivity index is 1.96. The predicted molar refractivity (Wildman–Crippen MR) is 87.6 cm³/mol. The lowest BCUT2D eigenvalue weighted by molar-refractivity contribution is 0.0439. The van der Waals surface area contributed by atoms with Crippen molar-refractivity contribution in [3.05, 3.63) is 32.8 Å². The first-order chi connectivity index (χ1) is 9.97. The van der Waals surface area contributed by atoms with Gasteiger partial charge in [0, 0.05) is 5.02 Å². The maximum absolute atomic E-state index is 12.1. The number of hydrogen-bond donors (Lipinski definition) is 0.